The lowest BCUT2D eigenvalue weighted by atomic mass is 9.96. The predicted molar refractivity (Wildman–Crippen MR) is 65.5 cm³/mol. The Kier molecular flexibility index (Phi) is 4.93. The monoisotopic (exact) mass is 218 g/mol. The first-order chi connectivity index (χ1) is 7.70. The summed E-state index contributed by atoms with van der Waals surface area (Å²) >= 11 is 0. The van der Waals surface area contributed by atoms with E-state index < -0.39 is 6.10 Å². The van der Waals surface area contributed by atoms with Crippen molar-refractivity contribution in [2.45, 2.75) is 20.0 Å². The molecule has 2 nitrogen and oxygen atoms in total. The molecule has 0 fully saturated rings. The highest BCUT2D eigenvalue weighted by molar-refractivity contribution is 5.99. The van der Waals surface area contributed by atoms with Crippen LogP contribution >= 0.6 is 0 Å². The summed E-state index contributed by atoms with van der Waals surface area (Å²) in [6.07, 6.45) is 3.52. The summed E-state index contributed by atoms with van der Waals surface area (Å²) in [6, 6.07) is 9.25. The van der Waals surface area contributed by atoms with Crippen LogP contribution in [0.15, 0.2) is 42.5 Å². The van der Waals surface area contributed by atoms with Gasteiger partial charge >= 0.3 is 0 Å². The molecule has 16 heavy (non-hydrogen) atoms. The second-order valence-corrected chi connectivity index (χ2v) is 3.77. The number of ether oxygens (including phenoxy) is 1. The Balaban J connectivity index is 2.86. The average Bonchev–Trinajstić information content (AvgIpc) is 2.31. The van der Waals surface area contributed by atoms with Gasteiger partial charge in [-0.15, -0.1) is 0 Å². The van der Waals surface area contributed by atoms with Crippen LogP contribution in [0.4, 0.5) is 0 Å². The molecule has 1 aromatic rings. The van der Waals surface area contributed by atoms with Crippen molar-refractivity contribution < 1.29 is 9.53 Å². The Morgan fingerprint density at radius 2 is 1.94 bits per heavy atom. The molecule has 0 amide bonds. The van der Waals surface area contributed by atoms with Crippen LogP contribution in [0.5, 0.6) is 0 Å². The summed E-state index contributed by atoms with van der Waals surface area (Å²) in [4.78, 5) is 12.1. The predicted octanol–water partition coefficient (Wildman–Crippen LogP) is 3.10. The summed E-state index contributed by atoms with van der Waals surface area (Å²) < 4.78 is 5.28. The van der Waals surface area contributed by atoms with Gasteiger partial charge in [-0.3, -0.25) is 4.79 Å². The topological polar surface area (TPSA) is 26.3 Å². The fourth-order valence-corrected chi connectivity index (χ4v) is 1.73. The number of hydrogen-bond acceptors (Lipinski definition) is 2. The maximum absolute atomic E-state index is 12.1. The highest BCUT2D eigenvalue weighted by Gasteiger charge is 2.23. The highest BCUT2D eigenvalue weighted by atomic mass is 16.5. The van der Waals surface area contributed by atoms with Gasteiger partial charge in [0.15, 0.2) is 5.78 Å². The van der Waals surface area contributed by atoms with Crippen molar-refractivity contribution in [1.29, 1.82) is 0 Å². The van der Waals surface area contributed by atoms with Gasteiger partial charge in [0, 0.05) is 18.6 Å². The van der Waals surface area contributed by atoms with E-state index in [1.165, 1.54) is 0 Å². The summed E-state index contributed by atoms with van der Waals surface area (Å²) in [5.41, 5.74) is 0.700. The molecular formula is C14H18O2. The summed E-state index contributed by atoms with van der Waals surface area (Å²) in [5.74, 6) is 0.122. The fourth-order valence-electron chi connectivity index (χ4n) is 1.73. The molecule has 0 bridgehead atoms. The third-order valence-corrected chi connectivity index (χ3v) is 2.54. The Bertz CT molecular complexity index is 354. The Morgan fingerprint density at radius 1 is 1.31 bits per heavy atom. The second-order valence-electron chi connectivity index (χ2n) is 3.77. The number of carbonyl (C=O) groups is 1. The molecule has 0 aliphatic rings. The number of hydrogen-bond donors (Lipinski definition) is 0. The Hall–Kier alpha value is -1.41. The van der Waals surface area contributed by atoms with Crippen LogP contribution in [0.25, 0.3) is 0 Å². The van der Waals surface area contributed by atoms with Crippen molar-refractivity contribution in [2.75, 3.05) is 7.11 Å². The van der Waals surface area contributed by atoms with Crippen LogP contribution in [-0.2, 0) is 4.74 Å². The quantitative estimate of drug-likeness (QED) is 0.560. The molecule has 1 aromatic carbocycles. The van der Waals surface area contributed by atoms with Gasteiger partial charge in [-0.2, -0.15) is 0 Å². The lowest BCUT2D eigenvalue weighted by molar-refractivity contribution is 0.0499. The van der Waals surface area contributed by atoms with Gasteiger partial charge in [-0.1, -0.05) is 49.4 Å². The molecule has 0 N–H and O–H groups in total. The van der Waals surface area contributed by atoms with Crippen molar-refractivity contribution in [2.24, 2.45) is 5.92 Å². The fraction of sp³-hybridized carbons (Fsp3) is 0.357. The third kappa shape index (κ3) is 3.04. The molecule has 0 saturated heterocycles. The smallest absolute Gasteiger partial charge is 0.192 e. The molecular weight excluding hydrogens is 200 g/mol. The van der Waals surface area contributed by atoms with Gasteiger partial charge in [-0.05, 0) is 6.92 Å². The van der Waals surface area contributed by atoms with Gasteiger partial charge < -0.3 is 4.74 Å². The van der Waals surface area contributed by atoms with Crippen LogP contribution in [0, 0.1) is 5.92 Å². The first-order valence-electron chi connectivity index (χ1n) is 5.45. The van der Waals surface area contributed by atoms with Gasteiger partial charge in [0.2, 0.25) is 0 Å². The van der Waals surface area contributed by atoms with E-state index in [1.807, 2.05) is 56.3 Å². The lowest BCUT2D eigenvalue weighted by Crippen LogP contribution is -2.29. The molecule has 2 atom stereocenters. The zero-order chi connectivity index (χ0) is 12.0. The summed E-state index contributed by atoms with van der Waals surface area (Å²) in [6.45, 7) is 3.92. The number of allylic oxidation sites excluding steroid dienone is 1. The van der Waals surface area contributed by atoms with Crippen molar-refractivity contribution >= 4 is 5.78 Å². The van der Waals surface area contributed by atoms with Crippen molar-refractivity contribution in [3.8, 4) is 0 Å². The third-order valence-electron chi connectivity index (χ3n) is 2.54. The van der Waals surface area contributed by atoms with Crippen LogP contribution in [-0.4, -0.2) is 19.0 Å². The second kappa shape index (κ2) is 6.23. The minimum atomic E-state index is -0.404. The summed E-state index contributed by atoms with van der Waals surface area (Å²) in [5, 5.41) is 0. The van der Waals surface area contributed by atoms with Crippen molar-refractivity contribution in [3.63, 3.8) is 0 Å². The molecule has 0 heterocycles. The first kappa shape index (κ1) is 12.7. The Labute approximate surface area is 96.9 Å². The van der Waals surface area contributed by atoms with E-state index in [-0.39, 0.29) is 11.7 Å². The van der Waals surface area contributed by atoms with E-state index in [2.05, 4.69) is 0 Å². The number of methoxy groups -OCH3 is 1. The van der Waals surface area contributed by atoms with Crippen molar-refractivity contribution in [3.05, 3.63) is 48.0 Å². The maximum atomic E-state index is 12.1. The zero-order valence-corrected chi connectivity index (χ0v) is 10.0. The van der Waals surface area contributed by atoms with Crippen LogP contribution < -0.4 is 0 Å². The number of carbonyl (C=O) groups excluding carboxylic acids is 1. The molecule has 0 aromatic heterocycles. The standard InChI is InChI=1S/C14H18O2/c1-4-8-11(2)14(16-3)13(15)12-9-6-5-7-10-12/h4-11,14H,1-3H3/b8-4+/t11-,14+/m0/s1. The molecule has 0 radical (unpaired) electrons. The van der Waals surface area contributed by atoms with Gasteiger partial charge in [-0.25, -0.2) is 0 Å². The average molecular weight is 218 g/mol. The minimum absolute atomic E-state index is 0.0358. The molecule has 2 heteroatoms. The molecule has 0 aliphatic carbocycles. The Morgan fingerprint density at radius 3 is 2.44 bits per heavy atom. The SMILES string of the molecule is C/C=C/[C@H](C)[C@@H](OC)C(=O)c1ccccc1. The highest BCUT2D eigenvalue weighted by Crippen LogP contribution is 2.14. The van der Waals surface area contributed by atoms with E-state index in [1.54, 1.807) is 7.11 Å². The van der Waals surface area contributed by atoms with E-state index >= 15 is 0 Å². The van der Waals surface area contributed by atoms with Gasteiger partial charge in [0.1, 0.15) is 6.10 Å². The molecule has 0 saturated carbocycles. The van der Waals surface area contributed by atoms with Crippen molar-refractivity contribution in [1.82, 2.24) is 0 Å². The van der Waals surface area contributed by atoms with Gasteiger partial charge in [0.05, 0.1) is 0 Å². The zero-order valence-electron chi connectivity index (χ0n) is 10.0. The first-order valence-corrected chi connectivity index (χ1v) is 5.45. The minimum Gasteiger partial charge on any atom is -0.373 e. The molecule has 0 aliphatic heterocycles. The molecule has 0 spiro atoms. The largest absolute Gasteiger partial charge is 0.373 e. The number of Topliss-reactive ketones (excluding diaryl/α,β-unsaturated/α-hetero) is 1. The van der Waals surface area contributed by atoms with Crippen LogP contribution in [0.2, 0.25) is 0 Å². The number of rotatable bonds is 5. The van der Waals surface area contributed by atoms with Gasteiger partial charge in [0.25, 0.3) is 0 Å². The number of benzene rings is 1. The number of ketones is 1. The van der Waals surface area contributed by atoms with Crippen LogP contribution in [0.1, 0.15) is 24.2 Å². The van der Waals surface area contributed by atoms with Crippen LogP contribution in [0.3, 0.4) is 0 Å². The van der Waals surface area contributed by atoms with E-state index in [4.69, 9.17) is 4.74 Å². The van der Waals surface area contributed by atoms with E-state index in [0.29, 0.717) is 5.56 Å². The maximum Gasteiger partial charge on any atom is 0.192 e. The molecule has 0 unspecified atom stereocenters. The van der Waals surface area contributed by atoms with E-state index in [9.17, 15) is 4.79 Å². The molecule has 1 rings (SSSR count). The summed E-state index contributed by atoms with van der Waals surface area (Å²) in [7, 11) is 1.57. The lowest BCUT2D eigenvalue weighted by Gasteiger charge is -2.18. The normalized spacial score (nSPS) is 14.9. The molecule has 86 valence electrons. The van der Waals surface area contributed by atoms with E-state index in [0.717, 1.165) is 0 Å².